The van der Waals surface area contributed by atoms with Gasteiger partial charge in [0.1, 0.15) is 0 Å². The van der Waals surface area contributed by atoms with Crippen molar-refractivity contribution in [3.63, 3.8) is 0 Å². The fourth-order valence-corrected chi connectivity index (χ4v) is 1.65. The van der Waals surface area contributed by atoms with Crippen molar-refractivity contribution < 1.29 is 9.59 Å². The molecule has 1 N–H and O–H groups in total. The van der Waals surface area contributed by atoms with E-state index in [4.69, 9.17) is 0 Å². The van der Waals surface area contributed by atoms with Gasteiger partial charge in [0.05, 0.1) is 0 Å². The molecule has 0 atom stereocenters. The van der Waals surface area contributed by atoms with Crippen molar-refractivity contribution in [2.24, 2.45) is 4.99 Å². The van der Waals surface area contributed by atoms with Crippen LogP contribution < -0.4 is 5.32 Å². The second kappa shape index (κ2) is 4.43. The van der Waals surface area contributed by atoms with E-state index in [2.05, 4.69) is 26.3 Å². The number of amidine groups is 1. The van der Waals surface area contributed by atoms with Crippen LogP contribution in [-0.2, 0) is 9.59 Å². The van der Waals surface area contributed by atoms with Crippen LogP contribution in [0.1, 0.15) is 5.56 Å². The molecule has 1 heterocycles. The van der Waals surface area contributed by atoms with Crippen molar-refractivity contribution in [3.8, 4) is 0 Å². The van der Waals surface area contributed by atoms with Crippen LogP contribution in [0, 0.1) is 0 Å². The first-order chi connectivity index (χ1) is 7.66. The summed E-state index contributed by atoms with van der Waals surface area (Å²) in [4.78, 5) is 26.6. The van der Waals surface area contributed by atoms with Crippen molar-refractivity contribution >= 4 is 38.6 Å². The molecule has 1 aromatic rings. The van der Waals surface area contributed by atoms with Gasteiger partial charge < -0.3 is 0 Å². The Balaban J connectivity index is 2.38. The summed E-state index contributed by atoms with van der Waals surface area (Å²) in [5.74, 6) is -0.959. The van der Waals surface area contributed by atoms with E-state index in [0.29, 0.717) is 0 Å². The SMILES string of the molecule is O=C1N=C([Se])NC(=O)/C1=C/c1ccccc1. The van der Waals surface area contributed by atoms with Crippen molar-refractivity contribution in [3.05, 3.63) is 41.5 Å². The summed E-state index contributed by atoms with van der Waals surface area (Å²) in [5.41, 5.74) is 0.838. The summed E-state index contributed by atoms with van der Waals surface area (Å²) in [6.45, 7) is 0. The molecular weight excluding hydrogens is 271 g/mol. The summed E-state index contributed by atoms with van der Waals surface area (Å²) in [6.07, 6.45) is 1.52. The Hall–Kier alpha value is -1.71. The molecule has 5 heteroatoms. The molecule has 16 heavy (non-hydrogen) atoms. The van der Waals surface area contributed by atoms with Crippen LogP contribution >= 0.6 is 0 Å². The zero-order chi connectivity index (χ0) is 11.5. The van der Waals surface area contributed by atoms with Crippen LogP contribution in [0.2, 0.25) is 0 Å². The van der Waals surface area contributed by atoms with Crippen molar-refractivity contribution in [2.75, 3.05) is 0 Å². The fourth-order valence-electron chi connectivity index (χ4n) is 1.29. The Morgan fingerprint density at radius 2 is 1.88 bits per heavy atom. The molecule has 1 aliphatic heterocycles. The number of amides is 2. The molecule has 0 saturated carbocycles. The van der Waals surface area contributed by atoms with Crippen molar-refractivity contribution in [1.29, 1.82) is 0 Å². The topological polar surface area (TPSA) is 58.5 Å². The molecule has 0 aliphatic carbocycles. The summed E-state index contributed by atoms with van der Waals surface area (Å²) < 4.78 is 0.209. The zero-order valence-electron chi connectivity index (χ0n) is 8.14. The zero-order valence-corrected chi connectivity index (χ0v) is 9.85. The maximum atomic E-state index is 11.5. The molecule has 79 valence electrons. The van der Waals surface area contributed by atoms with Crippen LogP contribution in [0.25, 0.3) is 6.08 Å². The molecule has 0 spiro atoms. The van der Waals surface area contributed by atoms with E-state index < -0.39 is 11.8 Å². The third kappa shape index (κ3) is 2.27. The Labute approximate surface area is 100 Å². The van der Waals surface area contributed by atoms with Gasteiger partial charge in [0.25, 0.3) is 0 Å². The number of carbonyl (C=O) groups is 2. The minimum absolute atomic E-state index is 0.0465. The van der Waals surface area contributed by atoms with E-state index >= 15 is 0 Å². The minimum atomic E-state index is -0.527. The van der Waals surface area contributed by atoms with E-state index in [1.54, 1.807) is 0 Å². The summed E-state index contributed by atoms with van der Waals surface area (Å²) >= 11 is 2.49. The van der Waals surface area contributed by atoms with Gasteiger partial charge in [0.2, 0.25) is 0 Å². The molecule has 1 aromatic carbocycles. The van der Waals surface area contributed by atoms with E-state index in [-0.39, 0.29) is 10.3 Å². The van der Waals surface area contributed by atoms with Crippen LogP contribution in [0.15, 0.2) is 40.9 Å². The standard InChI is InChI=1S/C11H7N2O2Se/c14-9-8(10(15)13-11(16)12-9)6-7-4-2-1-3-5-7/h1-6H,(H,12,13,14,15). The van der Waals surface area contributed by atoms with E-state index in [1.807, 2.05) is 30.3 Å². The maximum absolute atomic E-state index is 11.5. The monoisotopic (exact) mass is 279 g/mol. The molecule has 0 saturated heterocycles. The van der Waals surface area contributed by atoms with Gasteiger partial charge in [-0.3, -0.25) is 0 Å². The number of hydrogen-bond acceptors (Lipinski definition) is 2. The van der Waals surface area contributed by atoms with Gasteiger partial charge in [0.15, 0.2) is 0 Å². The van der Waals surface area contributed by atoms with Gasteiger partial charge in [-0.1, -0.05) is 0 Å². The molecule has 0 unspecified atom stereocenters. The van der Waals surface area contributed by atoms with Crippen LogP contribution in [0.4, 0.5) is 0 Å². The summed E-state index contributed by atoms with van der Waals surface area (Å²) in [5, 5.41) is 2.45. The molecule has 2 rings (SSSR count). The normalized spacial score (nSPS) is 18.2. The predicted molar refractivity (Wildman–Crippen MR) is 60.8 cm³/mol. The number of hydrogen-bond donors (Lipinski definition) is 1. The van der Waals surface area contributed by atoms with Crippen LogP contribution in [0.3, 0.4) is 0 Å². The number of benzene rings is 1. The van der Waals surface area contributed by atoms with Crippen molar-refractivity contribution in [2.45, 2.75) is 0 Å². The molecular formula is C11H7N2O2Se. The fraction of sp³-hybridized carbons (Fsp3) is 0. The Kier molecular flexibility index (Phi) is 2.99. The quantitative estimate of drug-likeness (QED) is 0.455. The number of nitrogens with zero attached hydrogens (tertiary/aromatic N) is 1. The van der Waals surface area contributed by atoms with Crippen molar-refractivity contribution in [1.82, 2.24) is 5.32 Å². The molecule has 2 amide bonds. The van der Waals surface area contributed by atoms with E-state index in [9.17, 15) is 9.59 Å². The molecule has 0 bridgehead atoms. The van der Waals surface area contributed by atoms with Crippen LogP contribution in [0.5, 0.6) is 0 Å². The van der Waals surface area contributed by atoms with Gasteiger partial charge in [0, 0.05) is 0 Å². The molecule has 1 aliphatic rings. The Morgan fingerprint density at radius 3 is 2.50 bits per heavy atom. The van der Waals surface area contributed by atoms with Crippen LogP contribution in [-0.4, -0.2) is 32.6 Å². The van der Waals surface area contributed by atoms with Gasteiger partial charge in [-0.25, -0.2) is 0 Å². The number of nitrogens with one attached hydrogen (secondary N) is 1. The van der Waals surface area contributed by atoms with E-state index in [1.165, 1.54) is 6.08 Å². The summed E-state index contributed by atoms with van der Waals surface area (Å²) in [7, 11) is 0. The van der Waals surface area contributed by atoms with E-state index in [0.717, 1.165) is 5.56 Å². The second-order valence-corrected chi connectivity index (χ2v) is 3.96. The first-order valence-electron chi connectivity index (χ1n) is 4.55. The number of rotatable bonds is 1. The van der Waals surface area contributed by atoms with Gasteiger partial charge in [-0.2, -0.15) is 0 Å². The number of carbonyl (C=O) groups excluding carboxylic acids is 2. The molecule has 4 nitrogen and oxygen atoms in total. The van der Waals surface area contributed by atoms with Gasteiger partial charge >= 0.3 is 100 Å². The average Bonchev–Trinajstić information content (AvgIpc) is 2.25. The Bertz CT molecular complexity index is 506. The molecule has 0 fully saturated rings. The molecule has 0 aromatic heterocycles. The summed E-state index contributed by atoms with van der Waals surface area (Å²) in [6, 6.07) is 9.15. The molecule has 1 radical (unpaired) electrons. The first-order valence-corrected chi connectivity index (χ1v) is 5.40. The second-order valence-electron chi connectivity index (χ2n) is 3.14. The van der Waals surface area contributed by atoms with Gasteiger partial charge in [-0.15, -0.1) is 0 Å². The van der Waals surface area contributed by atoms with Gasteiger partial charge in [-0.05, 0) is 0 Å². The number of aliphatic imine (C=N–C) groups is 1. The third-order valence-corrected chi connectivity index (χ3v) is 2.41. The predicted octanol–water partition coefficient (Wildman–Crippen LogP) is 0.251. The Morgan fingerprint density at radius 1 is 1.19 bits per heavy atom. The first kappa shape index (κ1) is 10.8. The third-order valence-electron chi connectivity index (χ3n) is 2.01. The average molecular weight is 278 g/mol.